The number of amides is 1. The molecule has 1 saturated carbocycles. The molecule has 1 aromatic carbocycles. The summed E-state index contributed by atoms with van der Waals surface area (Å²) in [6.07, 6.45) is 8.81. The number of benzene rings is 1. The van der Waals surface area contributed by atoms with E-state index in [1.807, 2.05) is 18.2 Å². The van der Waals surface area contributed by atoms with Gasteiger partial charge < -0.3 is 29.7 Å². The van der Waals surface area contributed by atoms with Gasteiger partial charge in [0.05, 0.1) is 19.3 Å². The van der Waals surface area contributed by atoms with Crippen molar-refractivity contribution in [2.75, 3.05) is 52.3 Å². The van der Waals surface area contributed by atoms with E-state index in [-0.39, 0.29) is 29.9 Å². The lowest BCUT2D eigenvalue weighted by molar-refractivity contribution is -0.128. The molecule has 0 aromatic heterocycles. The maximum atomic E-state index is 11.9. The van der Waals surface area contributed by atoms with Crippen LogP contribution in [0.3, 0.4) is 0 Å². The van der Waals surface area contributed by atoms with E-state index < -0.39 is 0 Å². The fourth-order valence-corrected chi connectivity index (χ4v) is 3.77. The first kappa shape index (κ1) is 27.5. The number of hydrogen-bond donors (Lipinski definition) is 2. The van der Waals surface area contributed by atoms with Crippen LogP contribution in [0.25, 0.3) is 0 Å². The second kappa shape index (κ2) is 15.2. The number of hydrogen-bond acceptors (Lipinski definition) is 5. The van der Waals surface area contributed by atoms with E-state index in [4.69, 9.17) is 19.2 Å². The van der Waals surface area contributed by atoms with Crippen LogP contribution in [0, 0.1) is 0 Å². The molecule has 1 aliphatic heterocycles. The summed E-state index contributed by atoms with van der Waals surface area (Å²) in [5.41, 5.74) is 0.859. The van der Waals surface area contributed by atoms with Crippen molar-refractivity contribution in [2.45, 2.75) is 57.5 Å². The van der Waals surface area contributed by atoms with Gasteiger partial charge in [0, 0.05) is 58.4 Å². The van der Waals surface area contributed by atoms with Crippen molar-refractivity contribution < 1.29 is 19.0 Å². The molecular formula is C24H39IN4O4. The highest BCUT2D eigenvalue weighted by Gasteiger charge is 2.14. The number of anilines is 1. The zero-order valence-corrected chi connectivity index (χ0v) is 22.3. The van der Waals surface area contributed by atoms with E-state index in [2.05, 4.69) is 10.6 Å². The molecule has 0 radical (unpaired) electrons. The monoisotopic (exact) mass is 574 g/mol. The number of guanidine groups is 1. The zero-order valence-electron chi connectivity index (χ0n) is 19.9. The summed E-state index contributed by atoms with van der Waals surface area (Å²) in [4.78, 5) is 18.2. The number of nitrogens with zero attached hydrogens (tertiary/aromatic N) is 2. The number of ether oxygens (including phenoxy) is 3. The van der Waals surface area contributed by atoms with Crippen molar-refractivity contribution in [1.29, 1.82) is 0 Å². The molecule has 0 unspecified atom stereocenters. The number of aliphatic imine (C=N–C) groups is 1. The molecule has 8 nitrogen and oxygen atoms in total. The number of halogens is 1. The molecule has 0 atom stereocenters. The van der Waals surface area contributed by atoms with Crippen molar-refractivity contribution in [3.8, 4) is 11.5 Å². The van der Waals surface area contributed by atoms with Crippen molar-refractivity contribution >= 4 is 41.5 Å². The number of nitrogens with one attached hydrogen (secondary N) is 2. The molecule has 3 rings (SSSR count). The average Bonchev–Trinajstić information content (AvgIpc) is 3.04. The summed E-state index contributed by atoms with van der Waals surface area (Å²) in [6.45, 7) is 3.19. The van der Waals surface area contributed by atoms with Crippen LogP contribution < -0.4 is 20.1 Å². The van der Waals surface area contributed by atoms with Crippen LogP contribution in [-0.4, -0.2) is 69.9 Å². The molecule has 186 valence electrons. The Morgan fingerprint density at radius 3 is 2.64 bits per heavy atom. The first-order chi connectivity index (χ1) is 15.6. The van der Waals surface area contributed by atoms with Crippen LogP contribution in [0.5, 0.6) is 11.5 Å². The lowest BCUT2D eigenvalue weighted by Crippen LogP contribution is -2.34. The normalized spacial score (nSPS) is 16.4. The Kier molecular flexibility index (Phi) is 12.7. The van der Waals surface area contributed by atoms with Gasteiger partial charge in [-0.15, -0.1) is 24.0 Å². The standard InChI is InChI=1S/C24H38N4O4.HI/c1-28(2)23(29)12-14-26-24(25-13-6-15-30-20-8-4-3-5-9-20)27-19-10-11-21-22(18-19)32-17-7-16-31-21;/h10-11,18,20H,3-9,12-17H2,1-2H3,(H2,25,26,27);1H. The Labute approximate surface area is 214 Å². The first-order valence-corrected chi connectivity index (χ1v) is 11.9. The van der Waals surface area contributed by atoms with Crippen molar-refractivity contribution in [2.24, 2.45) is 4.99 Å². The summed E-state index contributed by atoms with van der Waals surface area (Å²) in [6, 6.07) is 5.78. The van der Waals surface area contributed by atoms with E-state index in [0.29, 0.717) is 44.8 Å². The van der Waals surface area contributed by atoms with Crippen LogP contribution in [-0.2, 0) is 9.53 Å². The molecule has 1 fully saturated rings. The predicted molar refractivity (Wildman–Crippen MR) is 142 cm³/mol. The Hall–Kier alpha value is -1.75. The Balaban J connectivity index is 0.00000385. The lowest BCUT2D eigenvalue weighted by atomic mass is 9.98. The molecular weight excluding hydrogens is 535 g/mol. The third-order valence-electron chi connectivity index (χ3n) is 5.62. The second-order valence-corrected chi connectivity index (χ2v) is 8.52. The molecule has 9 heteroatoms. The van der Waals surface area contributed by atoms with Gasteiger partial charge in [0.25, 0.3) is 0 Å². The van der Waals surface area contributed by atoms with E-state index >= 15 is 0 Å². The Bertz CT molecular complexity index is 754. The van der Waals surface area contributed by atoms with Gasteiger partial charge in [-0.05, 0) is 31.4 Å². The average molecular weight is 575 g/mol. The third-order valence-corrected chi connectivity index (χ3v) is 5.62. The zero-order chi connectivity index (χ0) is 22.6. The van der Waals surface area contributed by atoms with Crippen LogP contribution in [0.1, 0.15) is 51.4 Å². The number of fused-ring (bicyclic) bond motifs is 1. The predicted octanol–water partition coefficient (Wildman–Crippen LogP) is 4.04. The molecule has 33 heavy (non-hydrogen) atoms. The van der Waals surface area contributed by atoms with Crippen molar-refractivity contribution in [1.82, 2.24) is 10.2 Å². The summed E-state index contributed by atoms with van der Waals surface area (Å²) >= 11 is 0. The number of carbonyl (C=O) groups is 1. The van der Waals surface area contributed by atoms with E-state index in [0.717, 1.165) is 36.6 Å². The van der Waals surface area contributed by atoms with Gasteiger partial charge in [0.15, 0.2) is 17.5 Å². The minimum absolute atomic E-state index is 0. The van der Waals surface area contributed by atoms with Gasteiger partial charge in [-0.1, -0.05) is 19.3 Å². The first-order valence-electron chi connectivity index (χ1n) is 11.9. The molecule has 0 spiro atoms. The molecule has 2 aliphatic rings. The third kappa shape index (κ3) is 9.95. The maximum Gasteiger partial charge on any atom is 0.223 e. The van der Waals surface area contributed by atoms with Gasteiger partial charge in [0.1, 0.15) is 0 Å². The number of carbonyl (C=O) groups excluding carboxylic acids is 1. The Morgan fingerprint density at radius 1 is 1.12 bits per heavy atom. The minimum atomic E-state index is 0. The molecule has 1 aliphatic carbocycles. The topological polar surface area (TPSA) is 84.4 Å². The van der Waals surface area contributed by atoms with E-state index in [9.17, 15) is 4.79 Å². The van der Waals surface area contributed by atoms with Crippen molar-refractivity contribution in [3.05, 3.63) is 18.2 Å². The van der Waals surface area contributed by atoms with Gasteiger partial charge in [-0.25, -0.2) is 0 Å². The molecule has 2 N–H and O–H groups in total. The van der Waals surface area contributed by atoms with E-state index in [1.54, 1.807) is 19.0 Å². The van der Waals surface area contributed by atoms with Crippen LogP contribution >= 0.6 is 24.0 Å². The fourth-order valence-electron chi connectivity index (χ4n) is 3.77. The van der Waals surface area contributed by atoms with Gasteiger partial charge in [0.2, 0.25) is 5.91 Å². The number of rotatable bonds is 9. The SMILES string of the molecule is CN(C)C(=O)CCNC(=NCCCOC1CCCCC1)Nc1ccc2c(c1)OCCCO2.I. The van der Waals surface area contributed by atoms with Crippen LogP contribution in [0.4, 0.5) is 5.69 Å². The highest BCUT2D eigenvalue weighted by Crippen LogP contribution is 2.32. The minimum Gasteiger partial charge on any atom is -0.490 e. The van der Waals surface area contributed by atoms with Gasteiger partial charge >= 0.3 is 0 Å². The largest absolute Gasteiger partial charge is 0.490 e. The van der Waals surface area contributed by atoms with Gasteiger partial charge in [-0.3, -0.25) is 9.79 Å². The quantitative estimate of drug-likeness (QED) is 0.201. The fraction of sp³-hybridized carbons (Fsp3) is 0.667. The lowest BCUT2D eigenvalue weighted by Gasteiger charge is -2.21. The summed E-state index contributed by atoms with van der Waals surface area (Å²) < 4.78 is 17.5. The van der Waals surface area contributed by atoms with E-state index in [1.165, 1.54) is 32.1 Å². The Morgan fingerprint density at radius 2 is 1.88 bits per heavy atom. The van der Waals surface area contributed by atoms with Crippen molar-refractivity contribution in [3.63, 3.8) is 0 Å². The summed E-state index contributed by atoms with van der Waals surface area (Å²) in [7, 11) is 3.53. The van der Waals surface area contributed by atoms with Crippen LogP contribution in [0.15, 0.2) is 23.2 Å². The maximum absolute atomic E-state index is 11.9. The molecule has 0 bridgehead atoms. The smallest absolute Gasteiger partial charge is 0.223 e. The van der Waals surface area contributed by atoms with Gasteiger partial charge in [-0.2, -0.15) is 0 Å². The molecule has 0 saturated heterocycles. The molecule has 1 aromatic rings. The highest BCUT2D eigenvalue weighted by molar-refractivity contribution is 14.0. The van der Waals surface area contributed by atoms with Crippen LogP contribution in [0.2, 0.25) is 0 Å². The highest BCUT2D eigenvalue weighted by atomic mass is 127. The summed E-state index contributed by atoms with van der Waals surface area (Å²) in [5.74, 6) is 2.21. The molecule has 1 heterocycles. The second-order valence-electron chi connectivity index (χ2n) is 8.52. The molecule has 1 amide bonds. The summed E-state index contributed by atoms with van der Waals surface area (Å²) in [5, 5.41) is 6.60.